The molecule has 3 unspecified atom stereocenters. The van der Waals surface area contributed by atoms with E-state index in [9.17, 15) is 78.5 Å². The number of carboxylic acid groups (broad SMARTS) is 2. The number of ether oxygens (including phenoxy) is 5. The summed E-state index contributed by atoms with van der Waals surface area (Å²) < 4.78 is 161. The van der Waals surface area contributed by atoms with Gasteiger partial charge in [-0.15, -0.1) is 0 Å². The van der Waals surface area contributed by atoms with Crippen molar-refractivity contribution in [3.63, 3.8) is 0 Å². The fourth-order valence-electron chi connectivity index (χ4n) is 4.71. The Bertz CT molecular complexity index is 1760. The van der Waals surface area contributed by atoms with Gasteiger partial charge in [0.15, 0.2) is 30.9 Å². The van der Waals surface area contributed by atoms with Crippen LogP contribution in [0.1, 0.15) is 0 Å². The van der Waals surface area contributed by atoms with Gasteiger partial charge in [-0.3, -0.25) is 17.8 Å². The molecule has 2 fully saturated rings. The summed E-state index contributed by atoms with van der Waals surface area (Å²) in [4.78, 5) is 23.5. The first kappa shape index (κ1) is 43.1. The van der Waals surface area contributed by atoms with E-state index >= 15 is 0 Å². The van der Waals surface area contributed by atoms with Gasteiger partial charge in [0, 0.05) is 0 Å². The van der Waals surface area contributed by atoms with E-state index in [1.807, 2.05) is 0 Å². The van der Waals surface area contributed by atoms with Gasteiger partial charge in [-0.05, 0) is 6.08 Å². The largest absolute Gasteiger partial charge is 0.479 e. The normalized spacial score (nSPS) is 36.9. The van der Waals surface area contributed by atoms with Gasteiger partial charge in [0.25, 0.3) is 10.1 Å². The quantitative estimate of drug-likeness (QED) is 0.0541. The Hall–Kier alpha value is -2.32. The Balaban J connectivity index is 2.10. The third-order valence-corrected chi connectivity index (χ3v) is 8.64. The maximum atomic E-state index is 11.9. The second-order valence-electron chi connectivity index (χ2n) is 10.4. The molecule has 3 heterocycles. The van der Waals surface area contributed by atoms with Crippen molar-refractivity contribution in [3.8, 4) is 0 Å². The van der Waals surface area contributed by atoms with Crippen LogP contribution in [0.3, 0.4) is 0 Å². The Morgan fingerprint density at radius 2 is 1.37 bits per heavy atom. The van der Waals surface area contributed by atoms with Gasteiger partial charge in [-0.25, -0.2) is 18.0 Å². The van der Waals surface area contributed by atoms with Gasteiger partial charge < -0.3 is 54.3 Å². The third kappa shape index (κ3) is 12.1. The van der Waals surface area contributed by atoms with Crippen molar-refractivity contribution in [1.82, 2.24) is 4.72 Å². The van der Waals surface area contributed by atoms with E-state index in [0.717, 1.165) is 0 Å². The Morgan fingerprint density at radius 1 is 0.784 bits per heavy atom. The SMILES string of the molecule is CS(=O)(=O)O[C@H]1C(O)O[C@@H](C(=O)O)C(O[C@H]2O[C@H](COS(=O)(=O)O)C(O[C@@H]3OC(C(=O)O)=C[C@H](O)[C@H]3OS(=O)(=O)O)[C@H](O)[C@H]2NS(=O)(=O)O)[C@@H]1O. The van der Waals surface area contributed by atoms with E-state index in [2.05, 4.69) is 12.5 Å². The van der Waals surface area contributed by atoms with Gasteiger partial charge in [-0.2, -0.15) is 38.4 Å². The summed E-state index contributed by atoms with van der Waals surface area (Å²) in [5.74, 6) is -5.17. The molecule has 10 N–H and O–H groups in total. The van der Waals surface area contributed by atoms with Crippen LogP contribution in [0, 0.1) is 0 Å². The lowest BCUT2D eigenvalue weighted by Crippen LogP contribution is -2.69. The fourth-order valence-corrected chi connectivity index (χ4v) is 6.71. The molecule has 32 heteroatoms. The van der Waals surface area contributed by atoms with E-state index in [1.165, 1.54) is 4.72 Å². The fraction of sp³-hybridized carbons (Fsp3) is 0.789. The second-order valence-corrected chi connectivity index (χ2v) is 15.3. The number of aliphatic carboxylic acids is 2. The van der Waals surface area contributed by atoms with Crippen molar-refractivity contribution in [1.29, 1.82) is 0 Å². The van der Waals surface area contributed by atoms with Crippen LogP contribution in [-0.4, -0.2) is 183 Å². The number of aliphatic hydroxyl groups is 4. The van der Waals surface area contributed by atoms with Crippen LogP contribution in [0.4, 0.5) is 0 Å². The minimum Gasteiger partial charge on any atom is -0.479 e. The van der Waals surface area contributed by atoms with Crippen molar-refractivity contribution in [2.75, 3.05) is 12.9 Å². The molecule has 0 aromatic rings. The van der Waals surface area contributed by atoms with Crippen LogP contribution in [0.25, 0.3) is 0 Å². The van der Waals surface area contributed by atoms with Crippen molar-refractivity contribution in [2.24, 2.45) is 0 Å². The molecule has 296 valence electrons. The molecule has 0 radical (unpaired) electrons. The monoisotopic (exact) mass is 831 g/mol. The lowest BCUT2D eigenvalue weighted by Gasteiger charge is -2.48. The molecule has 0 aromatic carbocycles. The number of hydrogen-bond acceptors (Lipinski definition) is 22. The van der Waals surface area contributed by atoms with Crippen LogP contribution >= 0.6 is 0 Å². The molecule has 0 spiro atoms. The zero-order valence-electron chi connectivity index (χ0n) is 24.8. The predicted molar refractivity (Wildman–Crippen MR) is 148 cm³/mol. The summed E-state index contributed by atoms with van der Waals surface area (Å²) in [5, 5.41) is 61.4. The van der Waals surface area contributed by atoms with E-state index < -0.39 is 145 Å². The molecule has 3 aliphatic rings. The zero-order chi connectivity index (χ0) is 39.0. The van der Waals surface area contributed by atoms with Crippen LogP contribution < -0.4 is 4.72 Å². The highest BCUT2D eigenvalue weighted by Gasteiger charge is 2.56. The molecular weight excluding hydrogens is 802 g/mol. The molecule has 0 saturated carbocycles. The molecule has 2 saturated heterocycles. The van der Waals surface area contributed by atoms with Crippen molar-refractivity contribution in [2.45, 2.75) is 79.8 Å². The molecular formula is C19H29NO27S4. The van der Waals surface area contributed by atoms with E-state index in [0.29, 0.717) is 12.3 Å². The van der Waals surface area contributed by atoms with Crippen molar-refractivity contribution in [3.05, 3.63) is 11.8 Å². The number of rotatable bonds is 15. The summed E-state index contributed by atoms with van der Waals surface area (Å²) >= 11 is 0. The van der Waals surface area contributed by atoms with E-state index in [1.54, 1.807) is 0 Å². The summed E-state index contributed by atoms with van der Waals surface area (Å²) in [6.45, 7) is -1.52. The molecule has 3 rings (SSSR count). The summed E-state index contributed by atoms with van der Waals surface area (Å²) in [6, 6.07) is -2.54. The molecule has 51 heavy (non-hydrogen) atoms. The summed E-state index contributed by atoms with van der Waals surface area (Å²) in [5.41, 5.74) is 0. The minimum absolute atomic E-state index is 0.353. The van der Waals surface area contributed by atoms with Crippen LogP contribution in [0.2, 0.25) is 0 Å². The summed E-state index contributed by atoms with van der Waals surface area (Å²) in [7, 11) is -21.1. The van der Waals surface area contributed by atoms with Gasteiger partial charge in [0.2, 0.25) is 12.0 Å². The molecule has 28 nitrogen and oxygen atoms in total. The first-order chi connectivity index (χ1) is 23.1. The maximum Gasteiger partial charge on any atom is 0.397 e. The highest BCUT2D eigenvalue weighted by Crippen LogP contribution is 2.34. The van der Waals surface area contributed by atoms with Crippen molar-refractivity contribution < 1.29 is 124 Å². The van der Waals surface area contributed by atoms with Gasteiger partial charge in [0.05, 0.1) is 12.9 Å². The molecule has 0 aromatic heterocycles. The number of nitrogens with one attached hydrogen (secondary N) is 1. The molecule has 0 amide bonds. The van der Waals surface area contributed by atoms with Gasteiger partial charge >= 0.3 is 43.0 Å². The minimum atomic E-state index is -5.54. The smallest absolute Gasteiger partial charge is 0.397 e. The molecule has 3 aliphatic heterocycles. The molecule has 0 aliphatic carbocycles. The topological polar surface area (TPSA) is 439 Å². The Labute approximate surface area is 285 Å². The lowest BCUT2D eigenvalue weighted by atomic mass is 9.95. The lowest BCUT2D eigenvalue weighted by molar-refractivity contribution is -0.344. The van der Waals surface area contributed by atoms with Crippen LogP contribution in [0.5, 0.6) is 0 Å². The summed E-state index contributed by atoms with van der Waals surface area (Å²) in [6.07, 6.45) is -29.0. The predicted octanol–water partition coefficient (Wildman–Crippen LogP) is -7.20. The third-order valence-electron chi connectivity index (χ3n) is 6.60. The first-order valence-electron chi connectivity index (χ1n) is 13.2. The second kappa shape index (κ2) is 16.0. The standard InChI is InChI=1S/C19H29NO27S4/c1-48(29,30)46-13-9(23)12(14(16(26)27)43-17(13)28)45-18-7(20-49(31,32)33)8(22)11(6(42-18)3-40-50(34,35)36)44-19-10(47-51(37,38)39)4(21)2-5(41-19)15(24)25/h2,4,6-14,17-23,28H,3H2,1H3,(H,24,25)(H,26,27)(H,31,32,33)(H,34,35,36)(H,37,38,39)/t4-,6+,7+,8+,9-,10+,11?,12?,13+,14+,17?,18+,19-/m0/s1. The Kier molecular flexibility index (Phi) is 13.5. The zero-order valence-corrected chi connectivity index (χ0v) is 28.1. The highest BCUT2D eigenvalue weighted by molar-refractivity contribution is 7.86. The van der Waals surface area contributed by atoms with Crippen LogP contribution in [-0.2, 0) is 87.0 Å². The Morgan fingerprint density at radius 3 is 1.86 bits per heavy atom. The maximum absolute atomic E-state index is 11.9. The number of carboxylic acids is 2. The molecule has 13 atom stereocenters. The van der Waals surface area contributed by atoms with Gasteiger partial charge in [-0.1, -0.05) is 0 Å². The average Bonchev–Trinajstić information content (AvgIpc) is 2.93. The average molecular weight is 832 g/mol. The van der Waals surface area contributed by atoms with E-state index in [-0.39, 0.29) is 0 Å². The first-order valence-corrected chi connectivity index (χ1v) is 19.1. The number of carbonyl (C=O) groups is 2. The van der Waals surface area contributed by atoms with Crippen molar-refractivity contribution >= 4 is 53.2 Å². The van der Waals surface area contributed by atoms with Crippen LogP contribution in [0.15, 0.2) is 11.8 Å². The van der Waals surface area contributed by atoms with Gasteiger partial charge in [0.1, 0.15) is 42.7 Å². The highest BCUT2D eigenvalue weighted by atomic mass is 32.3. The molecule has 0 bridgehead atoms. The van der Waals surface area contributed by atoms with E-state index in [4.69, 9.17) is 32.8 Å². The number of hydrogen-bond donors (Lipinski definition) is 10. The number of aliphatic hydroxyl groups excluding tert-OH is 4.